The third-order valence-electron chi connectivity index (χ3n) is 5.66. The molecule has 1 aromatic carbocycles. The molecule has 11 heteroatoms. The van der Waals surface area contributed by atoms with Crippen molar-refractivity contribution in [2.75, 3.05) is 7.11 Å². The Hall–Kier alpha value is -3.60. The summed E-state index contributed by atoms with van der Waals surface area (Å²) >= 11 is 0. The number of benzene rings is 1. The molecular weight excluding hydrogens is 439 g/mol. The number of carbonyl (C=O) groups is 1. The van der Waals surface area contributed by atoms with Crippen LogP contribution in [0.15, 0.2) is 41.0 Å². The standard InChI is InChI=1S/C22H22F3N5O3/c1-10(27)11-7-12(8-11)28-20(31)19-16(9-26)33-21(30-19)14-3-5-15(32-2)18-13(14)4-6-17(29-18)22(23,24)25/h3-6,11-12H,1,7-9,26-27H2,2H3,(H,28,31). The Balaban J connectivity index is 1.69. The van der Waals surface area contributed by atoms with Crippen molar-refractivity contribution >= 4 is 16.8 Å². The first-order valence-corrected chi connectivity index (χ1v) is 10.1. The molecule has 5 N–H and O–H groups in total. The number of alkyl halides is 3. The van der Waals surface area contributed by atoms with Gasteiger partial charge in [0.15, 0.2) is 11.5 Å². The van der Waals surface area contributed by atoms with Gasteiger partial charge >= 0.3 is 6.18 Å². The van der Waals surface area contributed by atoms with E-state index in [-0.39, 0.29) is 47.1 Å². The number of nitrogens with two attached hydrogens (primary N) is 2. The lowest BCUT2D eigenvalue weighted by molar-refractivity contribution is -0.140. The fraction of sp³-hybridized carbons (Fsp3) is 0.318. The van der Waals surface area contributed by atoms with Crippen molar-refractivity contribution in [3.63, 3.8) is 0 Å². The van der Waals surface area contributed by atoms with Gasteiger partial charge in [0.05, 0.1) is 13.7 Å². The Kier molecular flexibility index (Phi) is 5.75. The maximum absolute atomic E-state index is 13.2. The summed E-state index contributed by atoms with van der Waals surface area (Å²) in [5.41, 5.74) is 11.3. The molecule has 2 heterocycles. The number of methoxy groups -OCH3 is 1. The van der Waals surface area contributed by atoms with E-state index < -0.39 is 17.8 Å². The fourth-order valence-corrected chi connectivity index (χ4v) is 3.78. The molecule has 0 bridgehead atoms. The van der Waals surface area contributed by atoms with Gasteiger partial charge in [0.25, 0.3) is 5.91 Å². The Bertz CT molecular complexity index is 1230. The molecular formula is C22H22F3N5O3. The first-order valence-electron chi connectivity index (χ1n) is 10.1. The zero-order chi connectivity index (χ0) is 23.9. The molecule has 8 nitrogen and oxygen atoms in total. The Morgan fingerprint density at radius 1 is 1.27 bits per heavy atom. The highest BCUT2D eigenvalue weighted by molar-refractivity contribution is 5.98. The topological polar surface area (TPSA) is 129 Å². The van der Waals surface area contributed by atoms with E-state index in [1.54, 1.807) is 6.07 Å². The van der Waals surface area contributed by atoms with Gasteiger partial charge in [0, 0.05) is 28.6 Å². The minimum atomic E-state index is -4.62. The average molecular weight is 461 g/mol. The molecule has 1 aliphatic rings. The highest BCUT2D eigenvalue weighted by Gasteiger charge is 2.34. The molecule has 2 aromatic heterocycles. The van der Waals surface area contributed by atoms with E-state index in [0.717, 1.165) is 6.07 Å². The number of hydrogen-bond donors (Lipinski definition) is 3. The summed E-state index contributed by atoms with van der Waals surface area (Å²) in [6, 6.07) is 5.10. The average Bonchev–Trinajstić information content (AvgIpc) is 3.18. The zero-order valence-corrected chi connectivity index (χ0v) is 17.7. The van der Waals surface area contributed by atoms with Gasteiger partial charge in [0.2, 0.25) is 5.89 Å². The molecule has 1 saturated carbocycles. The van der Waals surface area contributed by atoms with Crippen LogP contribution in [0, 0.1) is 5.92 Å². The van der Waals surface area contributed by atoms with Gasteiger partial charge in [-0.1, -0.05) is 6.58 Å². The smallest absolute Gasteiger partial charge is 0.433 e. The van der Waals surface area contributed by atoms with Gasteiger partial charge in [-0.3, -0.25) is 4.79 Å². The lowest BCUT2D eigenvalue weighted by atomic mass is 9.78. The molecule has 0 spiro atoms. The summed E-state index contributed by atoms with van der Waals surface area (Å²) in [4.78, 5) is 20.8. The van der Waals surface area contributed by atoms with Crippen LogP contribution in [-0.4, -0.2) is 29.0 Å². The van der Waals surface area contributed by atoms with Crippen molar-refractivity contribution in [2.24, 2.45) is 17.4 Å². The number of fused-ring (bicyclic) bond motifs is 1. The van der Waals surface area contributed by atoms with Gasteiger partial charge in [-0.15, -0.1) is 0 Å². The second-order valence-electron chi connectivity index (χ2n) is 7.81. The van der Waals surface area contributed by atoms with E-state index in [0.29, 0.717) is 29.5 Å². The lowest BCUT2D eigenvalue weighted by Gasteiger charge is -2.35. The summed E-state index contributed by atoms with van der Waals surface area (Å²) < 4.78 is 50.4. The second-order valence-corrected chi connectivity index (χ2v) is 7.81. The van der Waals surface area contributed by atoms with E-state index in [4.69, 9.17) is 20.6 Å². The van der Waals surface area contributed by atoms with Crippen molar-refractivity contribution < 1.29 is 27.1 Å². The number of ether oxygens (including phenoxy) is 1. The van der Waals surface area contributed by atoms with Gasteiger partial charge < -0.3 is 25.9 Å². The quantitative estimate of drug-likeness (QED) is 0.513. The number of rotatable bonds is 6. The van der Waals surface area contributed by atoms with Gasteiger partial charge in [-0.25, -0.2) is 9.97 Å². The number of carbonyl (C=O) groups excluding carboxylic acids is 1. The van der Waals surface area contributed by atoms with Crippen LogP contribution in [0.25, 0.3) is 22.4 Å². The van der Waals surface area contributed by atoms with E-state index in [2.05, 4.69) is 21.9 Å². The van der Waals surface area contributed by atoms with Crippen LogP contribution in [0.5, 0.6) is 5.75 Å². The maximum atomic E-state index is 13.2. The zero-order valence-electron chi connectivity index (χ0n) is 17.7. The minimum Gasteiger partial charge on any atom is -0.494 e. The normalized spacial score (nSPS) is 18.1. The predicted molar refractivity (Wildman–Crippen MR) is 114 cm³/mol. The second kappa shape index (κ2) is 8.39. The number of amides is 1. The van der Waals surface area contributed by atoms with Crippen molar-refractivity contribution in [1.29, 1.82) is 0 Å². The molecule has 174 valence electrons. The van der Waals surface area contributed by atoms with Crippen molar-refractivity contribution in [3.05, 3.63) is 53.7 Å². The molecule has 0 aliphatic heterocycles. The van der Waals surface area contributed by atoms with Crippen LogP contribution in [0.1, 0.15) is 34.8 Å². The van der Waals surface area contributed by atoms with Crippen LogP contribution < -0.4 is 21.5 Å². The third kappa shape index (κ3) is 4.23. The van der Waals surface area contributed by atoms with E-state index >= 15 is 0 Å². The molecule has 1 amide bonds. The Labute approximate surface area is 186 Å². The first kappa shape index (κ1) is 22.6. The van der Waals surface area contributed by atoms with E-state index in [1.807, 2.05) is 0 Å². The molecule has 4 rings (SSSR count). The lowest BCUT2D eigenvalue weighted by Crippen LogP contribution is -2.45. The molecule has 0 saturated heterocycles. The molecule has 33 heavy (non-hydrogen) atoms. The molecule has 0 unspecified atom stereocenters. The maximum Gasteiger partial charge on any atom is 0.433 e. The largest absolute Gasteiger partial charge is 0.494 e. The Morgan fingerprint density at radius 2 is 2.00 bits per heavy atom. The van der Waals surface area contributed by atoms with Crippen LogP contribution in [-0.2, 0) is 12.7 Å². The number of halogens is 3. The molecule has 3 aromatic rings. The monoisotopic (exact) mass is 461 g/mol. The van der Waals surface area contributed by atoms with Crippen LogP contribution in [0.3, 0.4) is 0 Å². The summed E-state index contributed by atoms with van der Waals surface area (Å²) in [6.07, 6.45) is -3.26. The first-order chi connectivity index (χ1) is 15.6. The van der Waals surface area contributed by atoms with E-state index in [9.17, 15) is 18.0 Å². The van der Waals surface area contributed by atoms with Crippen LogP contribution in [0.4, 0.5) is 13.2 Å². The van der Waals surface area contributed by atoms with E-state index in [1.165, 1.54) is 19.2 Å². The summed E-state index contributed by atoms with van der Waals surface area (Å²) in [7, 11) is 1.33. The number of nitrogens with zero attached hydrogens (tertiary/aromatic N) is 2. The highest BCUT2D eigenvalue weighted by Crippen LogP contribution is 2.37. The van der Waals surface area contributed by atoms with Crippen LogP contribution in [0.2, 0.25) is 0 Å². The van der Waals surface area contributed by atoms with Crippen molar-refractivity contribution in [1.82, 2.24) is 15.3 Å². The van der Waals surface area contributed by atoms with Crippen LogP contribution >= 0.6 is 0 Å². The number of nitrogens with one attached hydrogen (secondary N) is 1. The summed E-state index contributed by atoms with van der Waals surface area (Å²) in [5.74, 6) is 0.0651. The molecule has 1 aliphatic carbocycles. The van der Waals surface area contributed by atoms with Gasteiger partial charge in [-0.05, 0) is 37.1 Å². The fourth-order valence-electron chi connectivity index (χ4n) is 3.78. The predicted octanol–water partition coefficient (Wildman–Crippen LogP) is 3.36. The van der Waals surface area contributed by atoms with Crippen molar-refractivity contribution in [3.8, 4) is 17.2 Å². The molecule has 0 atom stereocenters. The summed E-state index contributed by atoms with van der Waals surface area (Å²) in [6.45, 7) is 3.62. The number of allylic oxidation sites excluding steroid dienone is 1. The highest BCUT2D eigenvalue weighted by atomic mass is 19.4. The minimum absolute atomic E-state index is 0.00847. The van der Waals surface area contributed by atoms with Crippen molar-refractivity contribution in [2.45, 2.75) is 31.6 Å². The Morgan fingerprint density at radius 3 is 2.61 bits per heavy atom. The van der Waals surface area contributed by atoms with Gasteiger partial charge in [-0.2, -0.15) is 13.2 Å². The summed E-state index contributed by atoms with van der Waals surface area (Å²) in [5, 5.41) is 3.19. The number of oxazole rings is 1. The molecule has 1 fully saturated rings. The number of hydrogen-bond acceptors (Lipinski definition) is 7. The third-order valence-corrected chi connectivity index (χ3v) is 5.66. The molecule has 0 radical (unpaired) electrons. The SMILES string of the molecule is C=C(N)C1CC(NC(=O)c2nc(-c3ccc(OC)c4nc(C(F)(F)F)ccc34)oc2CN)C1. The van der Waals surface area contributed by atoms with Gasteiger partial charge in [0.1, 0.15) is 17.0 Å². The number of aromatic nitrogens is 2. The number of pyridine rings is 1.